The summed E-state index contributed by atoms with van der Waals surface area (Å²) in [6, 6.07) is 2.93. The van der Waals surface area contributed by atoms with Crippen molar-refractivity contribution >= 4 is 58.9 Å². The summed E-state index contributed by atoms with van der Waals surface area (Å²) < 4.78 is 52.3. The third kappa shape index (κ3) is 20.9. The van der Waals surface area contributed by atoms with Crippen LogP contribution in [0.25, 0.3) is 11.1 Å². The molecule has 8 amide bonds. The first-order valence-electron chi connectivity index (χ1n) is 39.8. The molecule has 0 saturated carbocycles. The number of ether oxygens (including phenoxy) is 8. The van der Waals surface area contributed by atoms with Crippen LogP contribution in [-0.4, -0.2) is 216 Å². The van der Waals surface area contributed by atoms with E-state index in [1.807, 2.05) is 13.8 Å². The van der Waals surface area contributed by atoms with Gasteiger partial charge in [0.2, 0.25) is 59.3 Å². The predicted molar refractivity (Wildman–Crippen MR) is 424 cm³/mol. The number of rotatable bonds is 23. The summed E-state index contributed by atoms with van der Waals surface area (Å²) in [5.74, 6) is -13.8. The molecule has 0 radical (unpaired) electrons. The van der Waals surface area contributed by atoms with Gasteiger partial charge in [-0.1, -0.05) is 95.2 Å². The Morgan fingerprint density at radius 3 is 1.88 bits per heavy atom. The van der Waals surface area contributed by atoms with Crippen LogP contribution in [0.2, 0.25) is 5.02 Å². The number of primary amides is 1. The van der Waals surface area contributed by atoms with Gasteiger partial charge in [0.05, 0.1) is 48.5 Å². The zero-order chi connectivity index (χ0) is 86.4. The Bertz CT molecular complexity index is 4520. The molecular formula is C82H108ClN11O25. The molecule has 11 bridgehead atoms. The number of hydrogen-bond donors (Lipinski definition) is 20. The van der Waals surface area contributed by atoms with Crippen LogP contribution in [0.4, 0.5) is 0 Å². The number of halogens is 1. The average molecular weight is 1680 g/mol. The van der Waals surface area contributed by atoms with Crippen molar-refractivity contribution in [2.24, 2.45) is 23.1 Å². The van der Waals surface area contributed by atoms with E-state index in [0.717, 1.165) is 74.6 Å². The Hall–Kier alpha value is -9.61. The first kappa shape index (κ1) is 90.2. The highest BCUT2D eigenvalue weighted by molar-refractivity contribution is 6.32. The van der Waals surface area contributed by atoms with E-state index in [1.165, 1.54) is 77.2 Å². The zero-order valence-corrected chi connectivity index (χ0v) is 67.8. The van der Waals surface area contributed by atoms with Gasteiger partial charge in [-0.2, -0.15) is 0 Å². The first-order valence-corrected chi connectivity index (χ1v) is 40.2. The lowest BCUT2D eigenvalue weighted by Gasteiger charge is -2.47. The lowest BCUT2D eigenvalue weighted by Crippen LogP contribution is -2.64. The molecule has 8 aliphatic heterocycles. The fourth-order valence-electron chi connectivity index (χ4n) is 15.6. The number of benzene rings is 5. The second kappa shape index (κ2) is 38.4. The molecule has 13 rings (SSSR count). The quantitative estimate of drug-likeness (QED) is 0.0418. The number of hydrogen-bond acceptors (Lipinski definition) is 28. The number of carbonyl (C=O) groups is 8. The van der Waals surface area contributed by atoms with Gasteiger partial charge in [0, 0.05) is 47.7 Å². The molecular weight excluding hydrogens is 1570 g/mol. The maximum atomic E-state index is 16.5. The van der Waals surface area contributed by atoms with Crippen molar-refractivity contribution in [2.45, 2.75) is 252 Å². The van der Waals surface area contributed by atoms with Crippen LogP contribution in [0, 0.1) is 5.92 Å². The SMILES string of the molecule is CCCCCCCCCNC(=O)C1NC(=O)[C@H]2NC(=O)[C@H](NC(=O)[C@@H]3NC(=O)[C@H](CC(N)=O)NC(=O)[C@H](NC(=O)[C@@H](CC(C)C)NC)[C@H](O)c4ccc(c(Cl)c4)Oc4cc3cc(c4O[C@@H]3O[C@H](CO)[C@@H](O)[C@H](O)[C@H]3O[C@H]3C[C@](C)(N)[C@@H](O)[C@H](C)O3)Oc3ccc(cc3)[C@H]2O[C@H]2C[C@](C)(N)[C@@H](O)[C@H](C)O2)c2ccc(O)c(c2)-c2c(O)cc(O)cc21. The van der Waals surface area contributed by atoms with Gasteiger partial charge in [-0.15, -0.1) is 0 Å². The number of likely N-dealkylation sites (N-methyl/N-ethyl adjacent to an activating group) is 1. The van der Waals surface area contributed by atoms with E-state index in [4.69, 9.17) is 66.7 Å². The first-order chi connectivity index (χ1) is 56.4. The van der Waals surface area contributed by atoms with Gasteiger partial charge in [0.15, 0.2) is 30.2 Å². The molecule has 0 aromatic heterocycles. The second-order valence-electron chi connectivity index (χ2n) is 32.2. The molecule has 8 heterocycles. The minimum absolute atomic E-state index is 0.0211. The van der Waals surface area contributed by atoms with E-state index in [0.29, 0.717) is 12.8 Å². The van der Waals surface area contributed by atoms with Crippen molar-refractivity contribution in [1.82, 2.24) is 42.5 Å². The number of aliphatic hydroxyl groups excluding tert-OH is 6. The van der Waals surface area contributed by atoms with Crippen LogP contribution in [0.5, 0.6) is 46.0 Å². The minimum atomic E-state index is -2.33. The van der Waals surface area contributed by atoms with Crippen LogP contribution in [0.1, 0.15) is 177 Å². The monoisotopic (exact) mass is 1680 g/mol. The Morgan fingerprint density at radius 2 is 1.26 bits per heavy atom. The van der Waals surface area contributed by atoms with Crippen molar-refractivity contribution in [2.75, 3.05) is 20.2 Å². The molecule has 0 spiro atoms. The van der Waals surface area contributed by atoms with E-state index >= 15 is 28.8 Å². The molecule has 3 saturated heterocycles. The maximum absolute atomic E-state index is 16.5. The minimum Gasteiger partial charge on any atom is -0.508 e. The fraction of sp³-hybridized carbons (Fsp3) is 0.537. The number of nitrogens with one attached hydrogen (secondary N) is 8. The summed E-state index contributed by atoms with van der Waals surface area (Å²) in [7, 11) is 1.49. The lowest BCUT2D eigenvalue weighted by atomic mass is 9.86. The van der Waals surface area contributed by atoms with Crippen molar-refractivity contribution < 1.29 is 122 Å². The van der Waals surface area contributed by atoms with Crippen molar-refractivity contribution in [3.8, 4) is 57.1 Å². The molecule has 8 aliphatic rings. The summed E-state index contributed by atoms with van der Waals surface area (Å²) in [6.45, 7) is 11.0. The van der Waals surface area contributed by atoms with Gasteiger partial charge in [0.1, 0.15) is 95.5 Å². The molecule has 1 unspecified atom stereocenters. The Labute approximate surface area is 691 Å². The van der Waals surface area contributed by atoms with Crippen LogP contribution in [0.3, 0.4) is 0 Å². The van der Waals surface area contributed by atoms with Gasteiger partial charge in [-0.3, -0.25) is 38.4 Å². The van der Waals surface area contributed by atoms with Gasteiger partial charge in [-0.05, 0) is 136 Å². The van der Waals surface area contributed by atoms with Crippen LogP contribution >= 0.6 is 11.6 Å². The molecule has 37 heteroatoms. The fourth-order valence-corrected chi connectivity index (χ4v) is 15.8. The number of aliphatic hydroxyl groups is 6. The topological polar surface area (TPSA) is 567 Å². The lowest BCUT2D eigenvalue weighted by molar-refractivity contribution is -0.333. The van der Waals surface area contributed by atoms with Gasteiger partial charge in [-0.25, -0.2) is 0 Å². The van der Waals surface area contributed by atoms with Crippen LogP contribution in [0.15, 0.2) is 84.9 Å². The number of fused-ring (bicyclic) bond motifs is 15. The molecule has 648 valence electrons. The second-order valence-corrected chi connectivity index (χ2v) is 32.6. The number of aromatic hydroxyl groups is 3. The zero-order valence-electron chi connectivity index (χ0n) is 67.1. The number of amides is 8. The summed E-state index contributed by atoms with van der Waals surface area (Å²) in [5.41, 5.74) is 14.5. The van der Waals surface area contributed by atoms with Gasteiger partial charge in [0.25, 0.3) is 0 Å². The molecule has 5 aromatic carbocycles. The number of phenolic OH excluding ortho intramolecular Hbond substituents is 3. The largest absolute Gasteiger partial charge is 0.508 e. The smallest absolute Gasteiger partial charge is 0.248 e. The van der Waals surface area contributed by atoms with Gasteiger partial charge >= 0.3 is 0 Å². The highest BCUT2D eigenvalue weighted by Gasteiger charge is 2.52. The molecule has 22 atom stereocenters. The molecule has 0 aliphatic carbocycles. The summed E-state index contributed by atoms with van der Waals surface area (Å²) in [4.78, 5) is 123. The summed E-state index contributed by atoms with van der Waals surface area (Å²) >= 11 is 7.18. The summed E-state index contributed by atoms with van der Waals surface area (Å²) in [6.07, 6.45) is -16.1. The Balaban J connectivity index is 1.16. The number of phenols is 3. The molecule has 119 heavy (non-hydrogen) atoms. The number of carbonyl (C=O) groups excluding carboxylic acids is 8. The Kier molecular flexibility index (Phi) is 29.1. The van der Waals surface area contributed by atoms with Crippen molar-refractivity contribution in [3.05, 3.63) is 118 Å². The molecule has 5 aromatic rings. The average Bonchev–Trinajstić information content (AvgIpc) is 0.764. The summed E-state index contributed by atoms with van der Waals surface area (Å²) in [5, 5.41) is 126. The van der Waals surface area contributed by atoms with E-state index in [2.05, 4.69) is 49.5 Å². The predicted octanol–water partition coefficient (Wildman–Crippen LogP) is 2.47. The van der Waals surface area contributed by atoms with E-state index in [1.54, 1.807) is 0 Å². The Morgan fingerprint density at radius 1 is 0.655 bits per heavy atom. The van der Waals surface area contributed by atoms with Crippen molar-refractivity contribution in [1.29, 1.82) is 0 Å². The third-order valence-electron chi connectivity index (χ3n) is 22.2. The van der Waals surface area contributed by atoms with Gasteiger partial charge < -0.3 is 144 Å². The highest BCUT2D eigenvalue weighted by atomic mass is 35.5. The van der Waals surface area contributed by atoms with Crippen LogP contribution < -0.4 is 73.9 Å². The number of unbranched alkanes of at least 4 members (excludes halogenated alkanes) is 6. The normalized spacial score (nSPS) is 30.7. The molecule has 23 N–H and O–H groups in total. The van der Waals surface area contributed by atoms with E-state index in [9.17, 15) is 55.5 Å². The standard InChI is InChI=1S/C82H108ClN11O25/c1-9-10-11-12-13-14-15-24-88-75(107)62-46-30-43(96)31-51(98)59(46)45-26-40(18-22-50(45)97)60-76(108)94-64(79(111)92-62)68(117-57-33-81(6,85)71(103)37(4)112-57)39-16-20-44(21-17-39)114-53-28-42-29-54(69(53)119-80-70(67(102)66(101)55(35-95)116-80)118-58-34-82(7,86)72(104)38(5)113-58)115-52-23-19-41(27-47(52)83)65(100)63(93-73(105)48(87-8)25-36(2)3)78(110)89-49(32-56(84)99)74(106)90-61(42)77(109)91-60/h16-23,26-31,36-38,48-49,55,57-58,60-68,70-72,80,87,95-98,100-104H,9-15,24-25,32-35,85-86H2,1-8H3,(H2,84,99)(H,88,107)(H,89,110)(H,90,106)(H,91,109)(H,92,111)(H,93,105)(H,94,108)/t37-,38-,48+,49-,55+,57-,58-,60+,61+,62?,63+,64-,65+,66+,67-,68+,70+,71-,72-,80-,81-,82-/m0/s1. The molecule has 36 nitrogen and oxygen atoms in total. The van der Waals surface area contributed by atoms with Crippen molar-refractivity contribution in [3.63, 3.8) is 0 Å². The maximum Gasteiger partial charge on any atom is 0.248 e. The molecule has 3 fully saturated rings. The number of nitrogens with two attached hydrogens (primary N) is 3. The third-order valence-corrected chi connectivity index (χ3v) is 22.5. The highest BCUT2D eigenvalue weighted by Crippen LogP contribution is 2.50. The van der Waals surface area contributed by atoms with E-state index < -0.39 is 234 Å². The van der Waals surface area contributed by atoms with Crippen LogP contribution in [-0.2, 0) is 62.0 Å². The van der Waals surface area contributed by atoms with E-state index in [-0.39, 0.29) is 81.6 Å².